The van der Waals surface area contributed by atoms with E-state index in [0.29, 0.717) is 5.15 Å². The molecule has 0 radical (unpaired) electrons. The molecular formula is C15H10ClNO. The lowest BCUT2D eigenvalue weighted by molar-refractivity contribution is 0.477. The molecule has 3 aromatic rings. The molecule has 0 fully saturated rings. The third kappa shape index (κ3) is 1.91. The summed E-state index contributed by atoms with van der Waals surface area (Å²) in [7, 11) is 0. The number of hydrogen-bond donors (Lipinski definition) is 1. The van der Waals surface area contributed by atoms with Crippen molar-refractivity contribution in [2.24, 2.45) is 0 Å². The first-order chi connectivity index (χ1) is 8.74. The van der Waals surface area contributed by atoms with E-state index >= 15 is 0 Å². The minimum atomic E-state index is 0.263. The van der Waals surface area contributed by atoms with Crippen molar-refractivity contribution in [3.63, 3.8) is 0 Å². The summed E-state index contributed by atoms with van der Waals surface area (Å²) in [4.78, 5) is 4.28. The zero-order valence-corrected chi connectivity index (χ0v) is 10.2. The molecule has 0 saturated carbocycles. The number of para-hydroxylation sites is 1. The number of hydrogen-bond acceptors (Lipinski definition) is 2. The third-order valence-corrected chi connectivity index (χ3v) is 3.08. The molecule has 3 heteroatoms. The molecule has 3 rings (SSSR count). The molecule has 1 aromatic heterocycles. The number of aromatic hydroxyl groups is 1. The number of rotatable bonds is 1. The zero-order valence-electron chi connectivity index (χ0n) is 9.47. The SMILES string of the molecule is Oc1ccccc1-c1ccc2ccc(Cl)nc2c1. The van der Waals surface area contributed by atoms with E-state index in [-0.39, 0.29) is 5.75 Å². The van der Waals surface area contributed by atoms with E-state index in [1.807, 2.05) is 36.4 Å². The van der Waals surface area contributed by atoms with Gasteiger partial charge in [-0.1, -0.05) is 41.9 Å². The second-order valence-corrected chi connectivity index (χ2v) is 4.45. The van der Waals surface area contributed by atoms with Crippen LogP contribution in [0.4, 0.5) is 0 Å². The Morgan fingerprint density at radius 3 is 2.56 bits per heavy atom. The van der Waals surface area contributed by atoms with E-state index in [1.165, 1.54) is 0 Å². The van der Waals surface area contributed by atoms with Crippen LogP contribution >= 0.6 is 11.6 Å². The van der Waals surface area contributed by atoms with Crippen molar-refractivity contribution in [2.45, 2.75) is 0 Å². The zero-order chi connectivity index (χ0) is 12.5. The van der Waals surface area contributed by atoms with Crippen LogP contribution in [0.1, 0.15) is 0 Å². The molecule has 0 aliphatic rings. The Hall–Kier alpha value is -2.06. The van der Waals surface area contributed by atoms with Crippen LogP contribution in [0.5, 0.6) is 5.75 Å². The Morgan fingerprint density at radius 1 is 0.944 bits per heavy atom. The van der Waals surface area contributed by atoms with Crippen LogP contribution in [0.2, 0.25) is 5.15 Å². The highest BCUT2D eigenvalue weighted by Crippen LogP contribution is 2.30. The lowest BCUT2D eigenvalue weighted by Crippen LogP contribution is -1.83. The van der Waals surface area contributed by atoms with E-state index in [2.05, 4.69) is 4.98 Å². The summed E-state index contributed by atoms with van der Waals surface area (Å²) in [5, 5.41) is 11.3. The Labute approximate surface area is 109 Å². The molecule has 0 saturated heterocycles. The van der Waals surface area contributed by atoms with E-state index in [1.54, 1.807) is 18.2 Å². The van der Waals surface area contributed by atoms with Crippen molar-refractivity contribution >= 4 is 22.5 Å². The van der Waals surface area contributed by atoms with E-state index in [4.69, 9.17) is 11.6 Å². The van der Waals surface area contributed by atoms with Crippen molar-refractivity contribution in [3.8, 4) is 16.9 Å². The second-order valence-electron chi connectivity index (χ2n) is 4.06. The summed E-state index contributed by atoms with van der Waals surface area (Å²) in [5.41, 5.74) is 2.54. The number of nitrogens with zero attached hydrogens (tertiary/aromatic N) is 1. The number of benzene rings is 2. The van der Waals surface area contributed by atoms with Gasteiger partial charge in [-0.05, 0) is 29.8 Å². The van der Waals surface area contributed by atoms with Crippen LogP contribution in [-0.4, -0.2) is 10.1 Å². The van der Waals surface area contributed by atoms with Crippen LogP contribution in [0, 0.1) is 0 Å². The third-order valence-electron chi connectivity index (χ3n) is 2.87. The maximum Gasteiger partial charge on any atom is 0.129 e. The molecular weight excluding hydrogens is 246 g/mol. The molecule has 0 aliphatic heterocycles. The van der Waals surface area contributed by atoms with Crippen molar-refractivity contribution in [2.75, 3.05) is 0 Å². The highest BCUT2D eigenvalue weighted by molar-refractivity contribution is 6.29. The lowest BCUT2D eigenvalue weighted by atomic mass is 10.0. The van der Waals surface area contributed by atoms with Crippen LogP contribution in [0.15, 0.2) is 54.6 Å². The largest absolute Gasteiger partial charge is 0.507 e. The lowest BCUT2D eigenvalue weighted by Gasteiger charge is -2.06. The molecule has 0 bridgehead atoms. The summed E-state index contributed by atoms with van der Waals surface area (Å²) in [6.07, 6.45) is 0. The molecule has 0 amide bonds. The Morgan fingerprint density at radius 2 is 1.72 bits per heavy atom. The first-order valence-electron chi connectivity index (χ1n) is 5.59. The van der Waals surface area contributed by atoms with Crippen LogP contribution < -0.4 is 0 Å². The van der Waals surface area contributed by atoms with Crippen molar-refractivity contribution in [1.82, 2.24) is 4.98 Å². The van der Waals surface area contributed by atoms with Gasteiger partial charge in [0.05, 0.1) is 5.52 Å². The summed E-state index contributed by atoms with van der Waals surface area (Å²) in [6, 6.07) is 16.8. The number of phenolic OH excluding ortho intramolecular Hbond substituents is 1. The average Bonchev–Trinajstić information content (AvgIpc) is 2.38. The molecule has 0 atom stereocenters. The normalized spacial score (nSPS) is 10.7. The van der Waals surface area contributed by atoms with Gasteiger partial charge in [0.15, 0.2) is 0 Å². The molecule has 1 N–H and O–H groups in total. The van der Waals surface area contributed by atoms with Gasteiger partial charge < -0.3 is 5.11 Å². The molecule has 1 heterocycles. The van der Waals surface area contributed by atoms with Crippen molar-refractivity contribution < 1.29 is 5.11 Å². The van der Waals surface area contributed by atoms with Crippen molar-refractivity contribution in [1.29, 1.82) is 0 Å². The topological polar surface area (TPSA) is 33.1 Å². The predicted octanol–water partition coefficient (Wildman–Crippen LogP) is 4.26. The second kappa shape index (κ2) is 4.31. The summed E-state index contributed by atoms with van der Waals surface area (Å²) in [5.74, 6) is 0.263. The minimum Gasteiger partial charge on any atom is -0.507 e. The highest BCUT2D eigenvalue weighted by Gasteiger charge is 2.05. The van der Waals surface area contributed by atoms with Crippen molar-refractivity contribution in [3.05, 3.63) is 59.8 Å². The summed E-state index contributed by atoms with van der Waals surface area (Å²) in [6.45, 7) is 0. The number of halogens is 1. The van der Waals surface area contributed by atoms with Gasteiger partial charge in [-0.3, -0.25) is 0 Å². The summed E-state index contributed by atoms with van der Waals surface area (Å²) >= 11 is 5.89. The fourth-order valence-corrected chi connectivity index (χ4v) is 2.13. The molecule has 88 valence electrons. The van der Waals surface area contributed by atoms with Gasteiger partial charge in [-0.15, -0.1) is 0 Å². The fourth-order valence-electron chi connectivity index (χ4n) is 1.98. The van der Waals surface area contributed by atoms with Crippen LogP contribution in [0.3, 0.4) is 0 Å². The first-order valence-corrected chi connectivity index (χ1v) is 5.96. The Bertz CT molecular complexity index is 725. The Kier molecular flexibility index (Phi) is 2.65. The van der Waals surface area contributed by atoms with Gasteiger partial charge in [0, 0.05) is 10.9 Å². The molecule has 0 spiro atoms. The van der Waals surface area contributed by atoms with Crippen LogP contribution in [0.25, 0.3) is 22.0 Å². The van der Waals surface area contributed by atoms with Gasteiger partial charge in [-0.2, -0.15) is 0 Å². The molecule has 0 unspecified atom stereocenters. The van der Waals surface area contributed by atoms with Crippen LogP contribution in [-0.2, 0) is 0 Å². The van der Waals surface area contributed by atoms with E-state index in [0.717, 1.165) is 22.0 Å². The monoisotopic (exact) mass is 255 g/mol. The van der Waals surface area contributed by atoms with E-state index in [9.17, 15) is 5.11 Å². The molecule has 2 nitrogen and oxygen atoms in total. The standard InChI is InChI=1S/C15H10ClNO/c16-15-8-7-10-5-6-11(9-13(10)17-15)12-3-1-2-4-14(12)18/h1-9,18H. The number of phenols is 1. The Balaban J connectivity index is 2.22. The van der Waals surface area contributed by atoms with Gasteiger partial charge in [-0.25, -0.2) is 4.98 Å². The maximum absolute atomic E-state index is 9.84. The minimum absolute atomic E-state index is 0.263. The summed E-state index contributed by atoms with van der Waals surface area (Å²) < 4.78 is 0. The van der Waals surface area contributed by atoms with Gasteiger partial charge >= 0.3 is 0 Å². The van der Waals surface area contributed by atoms with Gasteiger partial charge in [0.1, 0.15) is 10.9 Å². The van der Waals surface area contributed by atoms with Gasteiger partial charge in [0.25, 0.3) is 0 Å². The maximum atomic E-state index is 9.84. The highest BCUT2D eigenvalue weighted by atomic mass is 35.5. The smallest absolute Gasteiger partial charge is 0.129 e. The number of fused-ring (bicyclic) bond motifs is 1. The molecule has 18 heavy (non-hydrogen) atoms. The average molecular weight is 256 g/mol. The predicted molar refractivity (Wildman–Crippen MR) is 73.9 cm³/mol. The fraction of sp³-hybridized carbons (Fsp3) is 0. The van der Waals surface area contributed by atoms with E-state index < -0.39 is 0 Å². The number of aromatic nitrogens is 1. The number of pyridine rings is 1. The quantitative estimate of drug-likeness (QED) is 0.659. The van der Waals surface area contributed by atoms with Gasteiger partial charge in [0.2, 0.25) is 0 Å². The molecule has 0 aliphatic carbocycles. The first kappa shape index (κ1) is 11.1. The molecule has 2 aromatic carbocycles.